The summed E-state index contributed by atoms with van der Waals surface area (Å²) in [6.45, 7) is 5.65. The van der Waals surface area contributed by atoms with Crippen LogP contribution in [0, 0.1) is 6.92 Å². The second-order valence-corrected chi connectivity index (χ2v) is 6.08. The number of hydrogen-bond acceptors (Lipinski definition) is 5. The second-order valence-electron chi connectivity index (χ2n) is 6.08. The van der Waals surface area contributed by atoms with Gasteiger partial charge in [-0.1, -0.05) is 12.1 Å². The van der Waals surface area contributed by atoms with Crippen LogP contribution in [0.1, 0.15) is 43.6 Å². The number of anilines is 1. The summed E-state index contributed by atoms with van der Waals surface area (Å²) in [5.41, 5.74) is 1.15. The van der Waals surface area contributed by atoms with Crippen molar-refractivity contribution in [1.29, 1.82) is 0 Å². The molecular weight excluding hydrogens is 294 g/mol. The van der Waals surface area contributed by atoms with Crippen molar-refractivity contribution in [2.45, 2.75) is 45.1 Å². The van der Waals surface area contributed by atoms with Crippen LogP contribution in [0.5, 0.6) is 0 Å². The number of amides is 1. The molecule has 0 aromatic carbocycles. The molecule has 3 rings (SSSR count). The molecule has 0 unspecified atom stereocenters. The molecule has 0 radical (unpaired) electrons. The van der Waals surface area contributed by atoms with Gasteiger partial charge in [0.15, 0.2) is 5.82 Å². The maximum atomic E-state index is 12.6. The van der Waals surface area contributed by atoms with E-state index in [1.165, 1.54) is 0 Å². The summed E-state index contributed by atoms with van der Waals surface area (Å²) < 4.78 is 5.00. The third-order valence-corrected chi connectivity index (χ3v) is 4.42. The number of carbonyl (C=O) groups is 1. The van der Waals surface area contributed by atoms with Gasteiger partial charge in [0, 0.05) is 30.4 Å². The Bertz CT molecular complexity index is 637. The molecule has 3 heterocycles. The van der Waals surface area contributed by atoms with Gasteiger partial charge in [0.25, 0.3) is 0 Å². The second kappa shape index (κ2) is 6.95. The molecule has 0 aliphatic carbocycles. The number of nitrogens with one attached hydrogen (secondary N) is 2. The van der Waals surface area contributed by atoms with E-state index in [0.717, 1.165) is 38.0 Å². The van der Waals surface area contributed by atoms with Gasteiger partial charge < -0.3 is 9.84 Å². The van der Waals surface area contributed by atoms with E-state index in [1.54, 1.807) is 19.2 Å². The first-order valence-electron chi connectivity index (χ1n) is 8.15. The quantitative estimate of drug-likeness (QED) is 0.883. The van der Waals surface area contributed by atoms with Crippen LogP contribution < -0.4 is 5.32 Å². The first-order valence-corrected chi connectivity index (χ1v) is 8.15. The molecule has 2 aromatic rings. The van der Waals surface area contributed by atoms with Crippen LogP contribution in [0.3, 0.4) is 0 Å². The van der Waals surface area contributed by atoms with E-state index in [1.807, 2.05) is 13.0 Å². The van der Waals surface area contributed by atoms with Gasteiger partial charge in [0.1, 0.15) is 5.76 Å². The van der Waals surface area contributed by atoms with Gasteiger partial charge >= 0.3 is 0 Å². The van der Waals surface area contributed by atoms with E-state index < -0.39 is 0 Å². The van der Waals surface area contributed by atoms with E-state index in [2.05, 4.69) is 25.6 Å². The van der Waals surface area contributed by atoms with Gasteiger partial charge in [-0.15, -0.1) is 0 Å². The highest BCUT2D eigenvalue weighted by atomic mass is 16.5. The normalized spacial score (nSPS) is 20.3. The van der Waals surface area contributed by atoms with Crippen LogP contribution >= 0.6 is 0 Å². The number of piperidine rings is 1. The zero-order valence-corrected chi connectivity index (χ0v) is 13.6. The summed E-state index contributed by atoms with van der Waals surface area (Å²) in [4.78, 5) is 14.9. The summed E-state index contributed by atoms with van der Waals surface area (Å²) in [7, 11) is 0. The Labute approximate surface area is 135 Å². The third kappa shape index (κ3) is 3.61. The van der Waals surface area contributed by atoms with Crippen LogP contribution in [0.2, 0.25) is 0 Å². The molecule has 1 amide bonds. The Kier molecular flexibility index (Phi) is 4.76. The van der Waals surface area contributed by atoms with Gasteiger partial charge in [0.2, 0.25) is 5.91 Å². The zero-order chi connectivity index (χ0) is 16.2. The van der Waals surface area contributed by atoms with Crippen LogP contribution in [-0.2, 0) is 4.79 Å². The van der Waals surface area contributed by atoms with Crippen molar-refractivity contribution < 1.29 is 9.32 Å². The van der Waals surface area contributed by atoms with Crippen LogP contribution in [0.4, 0.5) is 5.82 Å². The predicted octanol–water partition coefficient (Wildman–Crippen LogP) is 2.30. The molecular formula is C16H23N5O2. The summed E-state index contributed by atoms with van der Waals surface area (Å²) in [5.74, 6) is 1.55. The lowest BCUT2D eigenvalue weighted by atomic mass is 9.93. The highest BCUT2D eigenvalue weighted by Crippen LogP contribution is 2.27. The summed E-state index contributed by atoms with van der Waals surface area (Å²) in [6, 6.07) is 3.60. The number of aromatic nitrogens is 3. The van der Waals surface area contributed by atoms with Gasteiger partial charge in [-0.05, 0) is 38.8 Å². The number of aromatic amines is 1. The molecule has 0 spiro atoms. The lowest BCUT2D eigenvalue weighted by molar-refractivity contribution is -0.122. The predicted molar refractivity (Wildman–Crippen MR) is 86.1 cm³/mol. The minimum Gasteiger partial charge on any atom is -0.360 e. The maximum Gasteiger partial charge on any atom is 0.242 e. The highest BCUT2D eigenvalue weighted by Gasteiger charge is 2.30. The molecule has 1 saturated heterocycles. The minimum absolute atomic E-state index is 0.0222. The Balaban J connectivity index is 1.66. The molecule has 7 heteroatoms. The van der Waals surface area contributed by atoms with E-state index in [0.29, 0.717) is 17.5 Å². The van der Waals surface area contributed by atoms with Crippen molar-refractivity contribution >= 4 is 11.7 Å². The zero-order valence-electron chi connectivity index (χ0n) is 13.6. The maximum absolute atomic E-state index is 12.6. The SMILES string of the molecule is CC[C@H](C(=O)Nc1cc(C)on1)N1CCC[C@@H](c2ccn[nH]2)C1. The summed E-state index contributed by atoms with van der Waals surface area (Å²) in [6.07, 6.45) is 4.75. The smallest absolute Gasteiger partial charge is 0.242 e. The largest absolute Gasteiger partial charge is 0.360 e. The number of rotatable bonds is 5. The molecule has 2 atom stereocenters. The van der Waals surface area contributed by atoms with Crippen LogP contribution in [0.25, 0.3) is 0 Å². The summed E-state index contributed by atoms with van der Waals surface area (Å²) >= 11 is 0. The van der Waals surface area contributed by atoms with Gasteiger partial charge in [-0.3, -0.25) is 14.8 Å². The number of hydrogen-bond donors (Lipinski definition) is 2. The molecule has 1 fully saturated rings. The number of carbonyl (C=O) groups excluding carboxylic acids is 1. The van der Waals surface area contributed by atoms with Crippen molar-refractivity contribution in [2.24, 2.45) is 0 Å². The first kappa shape index (κ1) is 15.7. The molecule has 2 aromatic heterocycles. The third-order valence-electron chi connectivity index (χ3n) is 4.42. The molecule has 1 aliphatic heterocycles. The molecule has 124 valence electrons. The van der Waals surface area contributed by atoms with E-state index in [9.17, 15) is 4.79 Å². The molecule has 2 N–H and O–H groups in total. The molecule has 0 bridgehead atoms. The monoisotopic (exact) mass is 317 g/mol. The average Bonchev–Trinajstić information content (AvgIpc) is 3.20. The molecule has 0 saturated carbocycles. The fourth-order valence-corrected chi connectivity index (χ4v) is 3.28. The Morgan fingerprint density at radius 3 is 3.13 bits per heavy atom. The molecule has 23 heavy (non-hydrogen) atoms. The standard InChI is InChI=1S/C16H23N5O2/c1-3-14(16(22)18-15-9-11(2)23-20-15)21-8-4-5-12(10-21)13-6-7-17-19-13/h6-7,9,12,14H,3-5,8,10H2,1-2H3,(H,17,19)(H,18,20,22)/t12-,14-/m1/s1. The van der Waals surface area contributed by atoms with E-state index in [4.69, 9.17) is 4.52 Å². The lowest BCUT2D eigenvalue weighted by Gasteiger charge is -2.36. The van der Waals surface area contributed by atoms with Crippen LogP contribution in [0.15, 0.2) is 22.9 Å². The summed E-state index contributed by atoms with van der Waals surface area (Å²) in [5, 5.41) is 13.8. The fraction of sp³-hybridized carbons (Fsp3) is 0.562. The van der Waals surface area contributed by atoms with Crippen molar-refractivity contribution in [3.05, 3.63) is 29.8 Å². The Morgan fingerprint density at radius 2 is 2.48 bits per heavy atom. The number of H-pyrrole nitrogens is 1. The fourth-order valence-electron chi connectivity index (χ4n) is 3.28. The number of aryl methyl sites for hydroxylation is 1. The van der Waals surface area contributed by atoms with Crippen molar-refractivity contribution in [3.63, 3.8) is 0 Å². The van der Waals surface area contributed by atoms with Gasteiger partial charge in [-0.25, -0.2) is 0 Å². The topological polar surface area (TPSA) is 87.1 Å². The van der Waals surface area contributed by atoms with Gasteiger partial charge in [-0.2, -0.15) is 5.10 Å². The Hall–Kier alpha value is -2.15. The van der Waals surface area contributed by atoms with E-state index >= 15 is 0 Å². The first-order chi connectivity index (χ1) is 11.2. The van der Waals surface area contributed by atoms with Crippen molar-refractivity contribution in [3.8, 4) is 0 Å². The van der Waals surface area contributed by atoms with Crippen molar-refractivity contribution in [2.75, 3.05) is 18.4 Å². The molecule has 1 aliphatic rings. The minimum atomic E-state index is -0.155. The van der Waals surface area contributed by atoms with Crippen LogP contribution in [-0.4, -0.2) is 45.3 Å². The molecule has 7 nitrogen and oxygen atoms in total. The van der Waals surface area contributed by atoms with Gasteiger partial charge in [0.05, 0.1) is 6.04 Å². The number of nitrogens with zero attached hydrogens (tertiary/aromatic N) is 3. The average molecular weight is 317 g/mol. The number of likely N-dealkylation sites (tertiary alicyclic amines) is 1. The lowest BCUT2D eigenvalue weighted by Crippen LogP contribution is -2.48. The highest BCUT2D eigenvalue weighted by molar-refractivity contribution is 5.94. The van der Waals surface area contributed by atoms with E-state index in [-0.39, 0.29) is 11.9 Å². The van der Waals surface area contributed by atoms with Crippen molar-refractivity contribution in [1.82, 2.24) is 20.3 Å². The Morgan fingerprint density at radius 1 is 1.61 bits per heavy atom.